The molecule has 3 nitrogen and oxygen atoms in total. The SMILES string of the molecule is CC(Cc1cccs1)N(C)CC1C(N)C(C)(C)OC1(C)C. The van der Waals surface area contributed by atoms with Crippen molar-refractivity contribution in [1.82, 2.24) is 4.90 Å². The smallest absolute Gasteiger partial charge is 0.0788 e. The minimum atomic E-state index is -0.244. The number of rotatable bonds is 5. The van der Waals surface area contributed by atoms with Gasteiger partial charge in [0.15, 0.2) is 0 Å². The molecule has 1 aromatic rings. The Hall–Kier alpha value is -0.420. The second-order valence-electron chi connectivity index (χ2n) is 7.51. The van der Waals surface area contributed by atoms with Gasteiger partial charge in [-0.05, 0) is 59.5 Å². The maximum atomic E-state index is 6.47. The molecule has 1 fully saturated rings. The Morgan fingerprint density at radius 2 is 2.00 bits per heavy atom. The van der Waals surface area contributed by atoms with Gasteiger partial charge in [0, 0.05) is 29.4 Å². The van der Waals surface area contributed by atoms with Gasteiger partial charge >= 0.3 is 0 Å². The van der Waals surface area contributed by atoms with Crippen LogP contribution in [0.4, 0.5) is 0 Å². The number of likely N-dealkylation sites (N-methyl/N-ethyl adjacent to an activating group) is 1. The van der Waals surface area contributed by atoms with Gasteiger partial charge in [0.2, 0.25) is 0 Å². The molecule has 120 valence electrons. The molecule has 4 heteroatoms. The van der Waals surface area contributed by atoms with Gasteiger partial charge in [-0.3, -0.25) is 0 Å². The first-order chi connectivity index (χ1) is 9.63. The molecule has 1 saturated heterocycles. The normalized spacial score (nSPS) is 29.0. The molecule has 0 aromatic carbocycles. The molecule has 0 aliphatic carbocycles. The highest BCUT2D eigenvalue weighted by molar-refractivity contribution is 7.09. The fourth-order valence-corrected chi connectivity index (χ4v) is 4.26. The Bertz CT molecular complexity index is 455. The maximum Gasteiger partial charge on any atom is 0.0788 e. The van der Waals surface area contributed by atoms with Crippen LogP contribution >= 0.6 is 11.3 Å². The largest absolute Gasteiger partial charge is 0.368 e. The number of nitrogens with zero attached hydrogens (tertiary/aromatic N) is 1. The Morgan fingerprint density at radius 1 is 1.33 bits per heavy atom. The van der Waals surface area contributed by atoms with Gasteiger partial charge in [-0.2, -0.15) is 0 Å². The van der Waals surface area contributed by atoms with E-state index in [1.807, 2.05) is 11.3 Å². The number of hydrogen-bond donors (Lipinski definition) is 1. The number of hydrogen-bond acceptors (Lipinski definition) is 4. The molecule has 3 atom stereocenters. The first-order valence-corrected chi connectivity index (χ1v) is 8.70. The van der Waals surface area contributed by atoms with Crippen LogP contribution in [0.3, 0.4) is 0 Å². The highest BCUT2D eigenvalue weighted by atomic mass is 32.1. The van der Waals surface area contributed by atoms with Gasteiger partial charge in [-0.1, -0.05) is 6.07 Å². The minimum absolute atomic E-state index is 0.0730. The van der Waals surface area contributed by atoms with Gasteiger partial charge in [-0.25, -0.2) is 0 Å². The van der Waals surface area contributed by atoms with Crippen LogP contribution in [0, 0.1) is 5.92 Å². The lowest BCUT2D eigenvalue weighted by molar-refractivity contribution is -0.0785. The Kier molecular flexibility index (Phi) is 4.84. The summed E-state index contributed by atoms with van der Waals surface area (Å²) in [4.78, 5) is 3.87. The molecule has 2 N–H and O–H groups in total. The molecule has 3 unspecified atom stereocenters. The number of nitrogens with two attached hydrogens (primary N) is 1. The number of thiophene rings is 1. The Balaban J connectivity index is 1.99. The van der Waals surface area contributed by atoms with Crippen molar-refractivity contribution >= 4 is 11.3 Å². The first-order valence-electron chi connectivity index (χ1n) is 7.82. The standard InChI is InChI=1S/C17H30N2OS/c1-12(10-13-8-7-9-21-13)19(6)11-14-15(18)17(4,5)20-16(14,2)3/h7-9,12,14-15H,10-11,18H2,1-6H3. The van der Waals surface area contributed by atoms with Crippen molar-refractivity contribution in [3.63, 3.8) is 0 Å². The van der Waals surface area contributed by atoms with Gasteiger partial charge < -0.3 is 15.4 Å². The molecule has 1 aliphatic rings. The summed E-state index contributed by atoms with van der Waals surface area (Å²) in [5, 5.41) is 2.15. The average Bonchev–Trinajstić information content (AvgIpc) is 2.90. The summed E-state index contributed by atoms with van der Waals surface area (Å²) < 4.78 is 6.20. The minimum Gasteiger partial charge on any atom is -0.368 e. The number of ether oxygens (including phenoxy) is 1. The van der Waals surface area contributed by atoms with E-state index in [0.29, 0.717) is 12.0 Å². The summed E-state index contributed by atoms with van der Waals surface area (Å²) in [5.74, 6) is 0.350. The van der Waals surface area contributed by atoms with E-state index in [1.165, 1.54) is 4.88 Å². The Labute approximate surface area is 133 Å². The lowest BCUT2D eigenvalue weighted by Crippen LogP contribution is -2.49. The summed E-state index contributed by atoms with van der Waals surface area (Å²) >= 11 is 1.84. The van der Waals surface area contributed by atoms with Gasteiger partial charge in [0.25, 0.3) is 0 Å². The van der Waals surface area contributed by atoms with Gasteiger partial charge in [-0.15, -0.1) is 11.3 Å². The predicted octanol–water partition coefficient (Wildman–Crippen LogP) is 3.14. The van der Waals surface area contributed by atoms with E-state index >= 15 is 0 Å². The van der Waals surface area contributed by atoms with E-state index in [9.17, 15) is 0 Å². The van der Waals surface area contributed by atoms with E-state index < -0.39 is 0 Å². The lowest BCUT2D eigenvalue weighted by atomic mass is 9.82. The van der Waals surface area contributed by atoms with Crippen LogP contribution < -0.4 is 5.73 Å². The molecule has 1 aromatic heterocycles. The molecule has 21 heavy (non-hydrogen) atoms. The van der Waals surface area contributed by atoms with Crippen LogP contribution in [-0.4, -0.2) is 41.8 Å². The van der Waals surface area contributed by atoms with Crippen LogP contribution in [0.2, 0.25) is 0 Å². The van der Waals surface area contributed by atoms with Crippen molar-refractivity contribution in [1.29, 1.82) is 0 Å². The molecule has 2 heterocycles. The third-order valence-electron chi connectivity index (χ3n) is 4.97. The maximum absolute atomic E-state index is 6.47. The van der Waals surface area contributed by atoms with Crippen molar-refractivity contribution < 1.29 is 4.74 Å². The summed E-state index contributed by atoms with van der Waals surface area (Å²) in [6.07, 6.45) is 1.10. The van der Waals surface area contributed by atoms with E-state index in [4.69, 9.17) is 10.5 Å². The first kappa shape index (κ1) is 16.9. The van der Waals surface area contributed by atoms with Gasteiger partial charge in [0.1, 0.15) is 0 Å². The molecule has 0 saturated carbocycles. The quantitative estimate of drug-likeness (QED) is 0.908. The monoisotopic (exact) mass is 310 g/mol. The molecule has 1 aliphatic heterocycles. The van der Waals surface area contributed by atoms with Crippen molar-refractivity contribution in [3.05, 3.63) is 22.4 Å². The summed E-state index contributed by atoms with van der Waals surface area (Å²) in [6, 6.07) is 4.92. The predicted molar refractivity (Wildman–Crippen MR) is 90.8 cm³/mol. The van der Waals surface area contributed by atoms with Crippen molar-refractivity contribution in [2.24, 2.45) is 11.7 Å². The van der Waals surface area contributed by atoms with E-state index in [2.05, 4.69) is 64.1 Å². The summed E-state index contributed by atoms with van der Waals surface area (Å²) in [7, 11) is 2.20. The molecule has 2 rings (SSSR count). The van der Waals surface area contributed by atoms with Crippen LogP contribution in [0.15, 0.2) is 17.5 Å². The van der Waals surface area contributed by atoms with Crippen molar-refractivity contribution in [2.45, 2.75) is 64.3 Å². The molecule has 0 amide bonds. The van der Waals surface area contributed by atoms with Crippen LogP contribution in [0.5, 0.6) is 0 Å². The zero-order valence-electron chi connectivity index (χ0n) is 14.2. The topological polar surface area (TPSA) is 38.5 Å². The molecular weight excluding hydrogens is 280 g/mol. The molecule has 0 spiro atoms. The van der Waals surface area contributed by atoms with Crippen LogP contribution in [0.1, 0.15) is 39.5 Å². The third-order valence-corrected chi connectivity index (χ3v) is 5.87. The Morgan fingerprint density at radius 3 is 2.48 bits per heavy atom. The zero-order valence-corrected chi connectivity index (χ0v) is 15.0. The van der Waals surface area contributed by atoms with Crippen LogP contribution in [-0.2, 0) is 11.2 Å². The molecular formula is C17H30N2OS. The summed E-state index contributed by atoms with van der Waals surface area (Å²) in [6.45, 7) is 11.8. The fraction of sp³-hybridized carbons (Fsp3) is 0.765. The van der Waals surface area contributed by atoms with E-state index in [1.54, 1.807) is 0 Å². The molecule has 0 bridgehead atoms. The molecule has 0 radical (unpaired) electrons. The zero-order chi connectivity index (χ0) is 15.8. The van der Waals surface area contributed by atoms with Crippen LogP contribution in [0.25, 0.3) is 0 Å². The highest BCUT2D eigenvalue weighted by Gasteiger charge is 2.52. The van der Waals surface area contributed by atoms with E-state index in [0.717, 1.165) is 13.0 Å². The second-order valence-corrected chi connectivity index (χ2v) is 8.55. The third kappa shape index (κ3) is 3.67. The van der Waals surface area contributed by atoms with E-state index in [-0.39, 0.29) is 17.2 Å². The fourth-order valence-electron chi connectivity index (χ4n) is 3.44. The summed E-state index contributed by atoms with van der Waals surface area (Å²) in [5.41, 5.74) is 6.06. The second kappa shape index (κ2) is 5.99. The lowest BCUT2D eigenvalue weighted by Gasteiger charge is -2.34. The van der Waals surface area contributed by atoms with Crippen molar-refractivity contribution in [2.75, 3.05) is 13.6 Å². The average molecular weight is 311 g/mol. The highest BCUT2D eigenvalue weighted by Crippen LogP contribution is 2.41. The van der Waals surface area contributed by atoms with Gasteiger partial charge in [0.05, 0.1) is 11.2 Å². The van der Waals surface area contributed by atoms with Crippen molar-refractivity contribution in [3.8, 4) is 0 Å².